The summed E-state index contributed by atoms with van der Waals surface area (Å²) in [5.74, 6) is 0.149. The van der Waals surface area contributed by atoms with Crippen molar-refractivity contribution >= 4 is 11.5 Å². The molecule has 0 N–H and O–H groups in total. The molecule has 2 nitrogen and oxygen atoms in total. The van der Waals surface area contributed by atoms with E-state index in [1.807, 2.05) is 27.7 Å². The van der Waals surface area contributed by atoms with Crippen molar-refractivity contribution in [3.8, 4) is 0 Å². The number of hydrogen-bond acceptors (Lipinski definition) is 2. The minimum absolute atomic E-state index is 0.0737. The second kappa shape index (κ2) is 3.91. The topological polar surface area (TPSA) is 29.4 Å². The zero-order chi connectivity index (χ0) is 10.9. The van der Waals surface area contributed by atoms with Crippen LogP contribution in [0.15, 0.2) is 28.4 Å². The molecule has 0 saturated heterocycles. The van der Waals surface area contributed by atoms with Gasteiger partial charge < -0.3 is 0 Å². The Hall–Kier alpha value is -1.18. The van der Waals surface area contributed by atoms with Crippen molar-refractivity contribution in [1.29, 1.82) is 0 Å². The van der Waals surface area contributed by atoms with Crippen LogP contribution in [0.5, 0.6) is 0 Å². The average Bonchev–Trinajstić information content (AvgIpc) is 2.09. The number of aliphatic imine (C=N–C) groups is 1. The van der Waals surface area contributed by atoms with E-state index < -0.39 is 0 Å². The number of allylic oxidation sites excluding steroid dienone is 3. The van der Waals surface area contributed by atoms with Gasteiger partial charge in [0, 0.05) is 12.1 Å². The van der Waals surface area contributed by atoms with Gasteiger partial charge in [-0.15, -0.1) is 0 Å². The molecule has 2 heteroatoms. The summed E-state index contributed by atoms with van der Waals surface area (Å²) in [4.78, 5) is 16.0. The predicted molar refractivity (Wildman–Crippen MR) is 59.4 cm³/mol. The largest absolute Gasteiger partial charge is 0.299 e. The lowest BCUT2D eigenvalue weighted by molar-refractivity contribution is -0.120. The monoisotopic (exact) mass is 191 g/mol. The first-order valence-electron chi connectivity index (χ1n) is 4.87. The van der Waals surface area contributed by atoms with Gasteiger partial charge in [0.15, 0.2) is 0 Å². The Balaban J connectivity index is 3.20. The van der Waals surface area contributed by atoms with E-state index in [9.17, 15) is 4.79 Å². The highest BCUT2D eigenvalue weighted by molar-refractivity contribution is 5.90. The number of ketones is 1. The molecule has 1 atom stereocenters. The second-order valence-corrected chi connectivity index (χ2v) is 4.04. The minimum atomic E-state index is -0.0737. The smallest absolute Gasteiger partial charge is 0.145 e. The summed E-state index contributed by atoms with van der Waals surface area (Å²) in [6.07, 6.45) is 0.481. The van der Waals surface area contributed by atoms with E-state index in [0.717, 1.165) is 22.6 Å². The van der Waals surface area contributed by atoms with Gasteiger partial charge in [-0.25, -0.2) is 0 Å². The molecular weight excluding hydrogens is 174 g/mol. The Morgan fingerprint density at radius 3 is 2.57 bits per heavy atom. The van der Waals surface area contributed by atoms with E-state index in [4.69, 9.17) is 0 Å². The van der Waals surface area contributed by atoms with E-state index in [-0.39, 0.29) is 11.7 Å². The molecule has 0 radical (unpaired) electrons. The summed E-state index contributed by atoms with van der Waals surface area (Å²) >= 11 is 0. The molecule has 0 aromatic rings. The van der Waals surface area contributed by atoms with Crippen LogP contribution in [0.4, 0.5) is 0 Å². The second-order valence-electron chi connectivity index (χ2n) is 4.04. The minimum Gasteiger partial charge on any atom is -0.299 e. The van der Waals surface area contributed by atoms with E-state index in [1.54, 1.807) is 0 Å². The Bertz CT molecular complexity index is 343. The lowest BCUT2D eigenvalue weighted by Gasteiger charge is -2.22. The molecule has 0 bridgehead atoms. The molecule has 1 unspecified atom stereocenters. The number of carbonyl (C=O) groups excluding carboxylic acids is 1. The summed E-state index contributed by atoms with van der Waals surface area (Å²) < 4.78 is 0. The molecule has 76 valence electrons. The number of hydrogen-bond donors (Lipinski definition) is 0. The highest BCUT2D eigenvalue weighted by Gasteiger charge is 2.26. The Morgan fingerprint density at radius 2 is 2.07 bits per heavy atom. The third kappa shape index (κ3) is 2.00. The highest BCUT2D eigenvalue weighted by Crippen LogP contribution is 2.31. The number of rotatable bonds is 1. The van der Waals surface area contributed by atoms with Gasteiger partial charge in [0.1, 0.15) is 5.78 Å². The van der Waals surface area contributed by atoms with Crippen molar-refractivity contribution in [3.05, 3.63) is 23.4 Å². The van der Waals surface area contributed by atoms with E-state index in [2.05, 4.69) is 11.6 Å². The molecule has 0 heterocycles. The van der Waals surface area contributed by atoms with Crippen LogP contribution in [0.3, 0.4) is 0 Å². The van der Waals surface area contributed by atoms with Gasteiger partial charge in [0.2, 0.25) is 0 Å². The number of carbonyl (C=O) groups is 1. The van der Waals surface area contributed by atoms with Crippen LogP contribution < -0.4 is 0 Å². The molecule has 0 amide bonds. The lowest BCUT2D eigenvalue weighted by atomic mass is 9.85. The number of nitrogens with zero attached hydrogens (tertiary/aromatic N) is 1. The Kier molecular flexibility index (Phi) is 3.04. The summed E-state index contributed by atoms with van der Waals surface area (Å²) in [6, 6.07) is 0. The zero-order valence-electron chi connectivity index (χ0n) is 9.35. The van der Waals surface area contributed by atoms with Crippen molar-refractivity contribution in [3.63, 3.8) is 0 Å². The molecule has 14 heavy (non-hydrogen) atoms. The summed E-state index contributed by atoms with van der Waals surface area (Å²) in [6.45, 7) is 11.7. The first-order valence-corrected chi connectivity index (χ1v) is 4.87. The molecule has 1 aliphatic carbocycles. The quantitative estimate of drug-likeness (QED) is 0.586. The van der Waals surface area contributed by atoms with Crippen molar-refractivity contribution in [2.45, 2.75) is 34.1 Å². The van der Waals surface area contributed by atoms with Crippen LogP contribution in [0.2, 0.25) is 0 Å². The fourth-order valence-electron chi connectivity index (χ4n) is 1.58. The molecule has 0 fully saturated rings. The van der Waals surface area contributed by atoms with Gasteiger partial charge in [-0.3, -0.25) is 9.79 Å². The predicted octanol–water partition coefficient (Wildman–Crippen LogP) is 2.91. The van der Waals surface area contributed by atoms with Gasteiger partial charge >= 0.3 is 0 Å². The van der Waals surface area contributed by atoms with Crippen molar-refractivity contribution < 1.29 is 4.79 Å². The van der Waals surface area contributed by atoms with Crippen LogP contribution >= 0.6 is 0 Å². The van der Waals surface area contributed by atoms with Crippen molar-refractivity contribution in [1.82, 2.24) is 0 Å². The van der Waals surface area contributed by atoms with E-state index >= 15 is 0 Å². The third-order valence-corrected chi connectivity index (χ3v) is 2.54. The Labute approximate surface area is 85.4 Å². The SMILES string of the molecule is C=C1CC(=O)C(C)C(N=C(C)C)=C1C. The van der Waals surface area contributed by atoms with Gasteiger partial charge in [-0.2, -0.15) is 0 Å². The standard InChI is InChI=1S/C12H17NO/c1-7(2)13-12-9(4)8(3)6-11(14)10(12)5/h10H,3,6H2,1-2,4-5H3. The van der Waals surface area contributed by atoms with Crippen LogP contribution in [0.25, 0.3) is 0 Å². The van der Waals surface area contributed by atoms with E-state index in [1.165, 1.54) is 0 Å². The molecule has 1 rings (SSSR count). The summed E-state index contributed by atoms with van der Waals surface area (Å²) in [7, 11) is 0. The molecular formula is C12H17NO. The fraction of sp³-hybridized carbons (Fsp3) is 0.500. The third-order valence-electron chi connectivity index (χ3n) is 2.54. The van der Waals surface area contributed by atoms with Crippen LogP contribution in [-0.4, -0.2) is 11.5 Å². The van der Waals surface area contributed by atoms with E-state index in [0.29, 0.717) is 6.42 Å². The first-order chi connectivity index (χ1) is 6.43. The maximum Gasteiger partial charge on any atom is 0.145 e. The summed E-state index contributed by atoms with van der Waals surface area (Å²) in [5, 5.41) is 0. The van der Waals surface area contributed by atoms with Gasteiger partial charge in [-0.1, -0.05) is 6.58 Å². The normalized spacial score (nSPS) is 22.7. The molecule has 0 aromatic heterocycles. The maximum absolute atomic E-state index is 11.6. The van der Waals surface area contributed by atoms with Gasteiger partial charge in [0.05, 0.1) is 11.6 Å². The van der Waals surface area contributed by atoms with Crippen molar-refractivity contribution in [2.75, 3.05) is 0 Å². The van der Waals surface area contributed by atoms with Crippen LogP contribution in [-0.2, 0) is 4.79 Å². The van der Waals surface area contributed by atoms with Gasteiger partial charge in [0.25, 0.3) is 0 Å². The average molecular weight is 191 g/mol. The maximum atomic E-state index is 11.6. The van der Waals surface area contributed by atoms with Gasteiger partial charge in [-0.05, 0) is 38.8 Å². The highest BCUT2D eigenvalue weighted by atomic mass is 16.1. The summed E-state index contributed by atoms with van der Waals surface area (Å²) in [5.41, 5.74) is 3.87. The number of Topliss-reactive ketones (excluding diaryl/α,β-unsaturated/α-hetero) is 1. The van der Waals surface area contributed by atoms with Crippen LogP contribution in [0.1, 0.15) is 34.1 Å². The first kappa shape index (κ1) is 10.9. The zero-order valence-corrected chi connectivity index (χ0v) is 9.35. The molecule has 1 aliphatic rings. The molecule has 0 saturated carbocycles. The lowest BCUT2D eigenvalue weighted by Crippen LogP contribution is -2.20. The molecule has 0 spiro atoms. The van der Waals surface area contributed by atoms with Crippen LogP contribution in [0, 0.1) is 5.92 Å². The molecule has 0 aromatic carbocycles. The fourth-order valence-corrected chi connectivity index (χ4v) is 1.58. The van der Waals surface area contributed by atoms with Crippen molar-refractivity contribution in [2.24, 2.45) is 10.9 Å². The Morgan fingerprint density at radius 1 is 1.50 bits per heavy atom. The molecule has 0 aliphatic heterocycles.